The molecule has 1 heterocycles. The first-order valence-corrected chi connectivity index (χ1v) is 7.34. The van der Waals surface area contributed by atoms with Gasteiger partial charge in [0.25, 0.3) is 0 Å². The highest BCUT2D eigenvalue weighted by Crippen LogP contribution is 2.34. The summed E-state index contributed by atoms with van der Waals surface area (Å²) in [5.74, 6) is -0.221. The maximum absolute atomic E-state index is 12.1. The maximum atomic E-state index is 12.1. The number of thiophene rings is 1. The number of halogens is 4. The molecule has 0 bridgehead atoms. The summed E-state index contributed by atoms with van der Waals surface area (Å²) in [5, 5.41) is 5.10. The van der Waals surface area contributed by atoms with Crippen molar-refractivity contribution in [1.82, 2.24) is 5.32 Å². The molecule has 0 spiro atoms. The molecule has 1 N–H and O–H groups in total. The van der Waals surface area contributed by atoms with Crippen molar-refractivity contribution in [2.45, 2.75) is 12.4 Å². The second kappa shape index (κ2) is 6.15. The minimum Gasteiger partial charge on any atom is -0.406 e. The van der Waals surface area contributed by atoms with Crippen LogP contribution in [0.5, 0.6) is 5.75 Å². The summed E-state index contributed by atoms with van der Waals surface area (Å²) < 4.78 is 41.1. The smallest absolute Gasteiger partial charge is 0.406 e. The van der Waals surface area contributed by atoms with Crippen molar-refractivity contribution in [3.63, 3.8) is 0 Å². The lowest BCUT2D eigenvalue weighted by atomic mass is 10.1. The van der Waals surface area contributed by atoms with Crippen LogP contribution in [0, 0.1) is 0 Å². The van der Waals surface area contributed by atoms with Crippen LogP contribution in [0.3, 0.4) is 0 Å². The zero-order chi connectivity index (χ0) is 14.8. The summed E-state index contributed by atoms with van der Waals surface area (Å²) in [6.45, 7) is 0. The van der Waals surface area contributed by atoms with Gasteiger partial charge < -0.3 is 10.1 Å². The molecule has 2 nitrogen and oxygen atoms in total. The lowest BCUT2D eigenvalue weighted by Crippen LogP contribution is -2.18. The molecule has 2 rings (SSSR count). The molecule has 0 saturated heterocycles. The quantitative estimate of drug-likeness (QED) is 0.846. The molecule has 0 saturated carbocycles. The Bertz CT molecular complexity index is 568. The molecule has 0 radical (unpaired) electrons. The summed E-state index contributed by atoms with van der Waals surface area (Å²) >= 11 is 5.03. The maximum Gasteiger partial charge on any atom is 0.573 e. The van der Waals surface area contributed by atoms with Crippen molar-refractivity contribution in [1.29, 1.82) is 0 Å². The lowest BCUT2D eigenvalue weighted by Gasteiger charge is -2.17. The van der Waals surface area contributed by atoms with Crippen molar-refractivity contribution in [2.24, 2.45) is 0 Å². The molecule has 1 aromatic heterocycles. The number of benzene rings is 1. The van der Waals surface area contributed by atoms with Crippen LogP contribution in [-0.2, 0) is 0 Å². The Morgan fingerprint density at radius 2 is 1.85 bits per heavy atom. The Morgan fingerprint density at radius 1 is 1.20 bits per heavy atom. The minimum absolute atomic E-state index is 0.0793. The monoisotopic (exact) mass is 365 g/mol. The van der Waals surface area contributed by atoms with E-state index in [1.165, 1.54) is 12.1 Å². The fraction of sp³-hybridized carbons (Fsp3) is 0.231. The molecule has 108 valence electrons. The lowest BCUT2D eigenvalue weighted by molar-refractivity contribution is -0.274. The number of hydrogen-bond donors (Lipinski definition) is 1. The highest BCUT2D eigenvalue weighted by molar-refractivity contribution is 9.10. The van der Waals surface area contributed by atoms with Crippen molar-refractivity contribution >= 4 is 27.3 Å². The van der Waals surface area contributed by atoms with Crippen LogP contribution in [0.15, 0.2) is 40.2 Å². The summed E-state index contributed by atoms with van der Waals surface area (Å²) in [6, 6.07) is 7.72. The van der Waals surface area contributed by atoms with Crippen LogP contribution in [-0.4, -0.2) is 13.4 Å². The van der Waals surface area contributed by atoms with E-state index >= 15 is 0 Å². The van der Waals surface area contributed by atoms with E-state index in [4.69, 9.17) is 0 Å². The largest absolute Gasteiger partial charge is 0.573 e. The minimum atomic E-state index is -4.67. The molecular formula is C13H11BrF3NOS. The van der Waals surface area contributed by atoms with Gasteiger partial charge in [-0.15, -0.1) is 24.5 Å². The van der Waals surface area contributed by atoms with Crippen LogP contribution in [0.1, 0.15) is 16.5 Å². The topological polar surface area (TPSA) is 21.3 Å². The first-order chi connectivity index (χ1) is 9.40. The third kappa shape index (κ3) is 3.74. The van der Waals surface area contributed by atoms with E-state index in [-0.39, 0.29) is 11.8 Å². The molecule has 0 aliphatic rings. The summed E-state index contributed by atoms with van der Waals surface area (Å²) in [5.41, 5.74) is 0.866. The number of rotatable bonds is 4. The van der Waals surface area contributed by atoms with Gasteiger partial charge in [0, 0.05) is 9.35 Å². The van der Waals surface area contributed by atoms with Crippen LogP contribution in [0.25, 0.3) is 0 Å². The molecule has 0 amide bonds. The molecule has 1 aromatic carbocycles. The van der Waals surface area contributed by atoms with Gasteiger partial charge in [0.1, 0.15) is 5.75 Å². The second-order valence-electron chi connectivity index (χ2n) is 3.97. The van der Waals surface area contributed by atoms with Gasteiger partial charge in [-0.05, 0) is 52.1 Å². The van der Waals surface area contributed by atoms with E-state index in [0.29, 0.717) is 0 Å². The first kappa shape index (κ1) is 15.3. The summed E-state index contributed by atoms with van der Waals surface area (Å²) in [4.78, 5) is 1.07. The number of hydrogen-bond acceptors (Lipinski definition) is 3. The number of alkyl halides is 3. The Morgan fingerprint density at radius 3 is 2.30 bits per heavy atom. The predicted molar refractivity (Wildman–Crippen MR) is 76.0 cm³/mol. The number of ether oxygens (including phenoxy) is 1. The Labute approximate surface area is 126 Å². The molecule has 7 heteroatoms. The van der Waals surface area contributed by atoms with Gasteiger partial charge in [0.05, 0.1) is 6.04 Å². The van der Waals surface area contributed by atoms with Crippen LogP contribution in [0.4, 0.5) is 13.2 Å². The highest BCUT2D eigenvalue weighted by Gasteiger charge is 2.31. The average molecular weight is 366 g/mol. The van der Waals surface area contributed by atoms with Gasteiger partial charge in [0.15, 0.2) is 0 Å². The predicted octanol–water partition coefficient (Wildman–Crippen LogP) is 4.72. The Kier molecular flexibility index (Phi) is 4.72. The standard InChI is InChI=1S/C13H11BrF3NOS/c1-18-11(12-10(14)6-7-20-12)8-2-4-9(5-3-8)19-13(15,16)17/h2-7,11,18H,1H3. The summed E-state index contributed by atoms with van der Waals surface area (Å²) in [6.07, 6.45) is -4.67. The van der Waals surface area contributed by atoms with E-state index < -0.39 is 6.36 Å². The van der Waals surface area contributed by atoms with Crippen molar-refractivity contribution in [3.05, 3.63) is 50.6 Å². The molecule has 0 fully saturated rings. The fourth-order valence-electron chi connectivity index (χ4n) is 1.82. The first-order valence-electron chi connectivity index (χ1n) is 5.66. The second-order valence-corrected chi connectivity index (χ2v) is 5.77. The van der Waals surface area contributed by atoms with Gasteiger partial charge in [0.2, 0.25) is 0 Å². The van der Waals surface area contributed by atoms with Crippen LogP contribution in [0.2, 0.25) is 0 Å². The molecule has 1 atom stereocenters. The third-order valence-corrected chi connectivity index (χ3v) is 4.58. The summed E-state index contributed by atoms with van der Waals surface area (Å²) in [7, 11) is 1.80. The molecule has 2 aromatic rings. The highest BCUT2D eigenvalue weighted by atomic mass is 79.9. The average Bonchev–Trinajstić information content (AvgIpc) is 2.77. The molecule has 1 unspecified atom stereocenters. The van der Waals surface area contributed by atoms with Crippen molar-refractivity contribution < 1.29 is 17.9 Å². The normalized spacial score (nSPS) is 13.2. The van der Waals surface area contributed by atoms with Gasteiger partial charge in [-0.25, -0.2) is 0 Å². The van der Waals surface area contributed by atoms with E-state index in [1.54, 1.807) is 30.5 Å². The SMILES string of the molecule is CNC(c1ccc(OC(F)(F)F)cc1)c1sccc1Br. The van der Waals surface area contributed by atoms with E-state index in [1.807, 2.05) is 11.4 Å². The van der Waals surface area contributed by atoms with E-state index in [0.717, 1.165) is 14.9 Å². The zero-order valence-electron chi connectivity index (χ0n) is 10.4. The third-order valence-electron chi connectivity index (χ3n) is 2.64. The Balaban J connectivity index is 2.22. The van der Waals surface area contributed by atoms with Gasteiger partial charge in [-0.3, -0.25) is 0 Å². The van der Waals surface area contributed by atoms with E-state index in [2.05, 4.69) is 26.0 Å². The number of nitrogens with one attached hydrogen (secondary N) is 1. The molecule has 0 aliphatic carbocycles. The molecular weight excluding hydrogens is 355 g/mol. The van der Waals surface area contributed by atoms with Crippen LogP contribution >= 0.6 is 27.3 Å². The van der Waals surface area contributed by atoms with Gasteiger partial charge >= 0.3 is 6.36 Å². The van der Waals surface area contributed by atoms with Crippen LogP contribution < -0.4 is 10.1 Å². The van der Waals surface area contributed by atoms with E-state index in [9.17, 15) is 13.2 Å². The van der Waals surface area contributed by atoms with Gasteiger partial charge in [-0.2, -0.15) is 0 Å². The molecule has 0 aliphatic heterocycles. The Hall–Kier alpha value is -1.05. The van der Waals surface area contributed by atoms with Gasteiger partial charge in [-0.1, -0.05) is 12.1 Å². The fourth-order valence-corrected chi connectivity index (χ4v) is 3.56. The van der Waals surface area contributed by atoms with Crippen molar-refractivity contribution in [2.75, 3.05) is 7.05 Å². The van der Waals surface area contributed by atoms with Crippen molar-refractivity contribution in [3.8, 4) is 5.75 Å². The molecule has 20 heavy (non-hydrogen) atoms. The zero-order valence-corrected chi connectivity index (χ0v) is 12.8.